The molecule has 5 heteroatoms. The zero-order valence-electron chi connectivity index (χ0n) is 16.3. The number of carbonyl (C=O) groups excluding carboxylic acids is 2. The van der Waals surface area contributed by atoms with Crippen molar-refractivity contribution in [2.45, 2.75) is 77.4 Å². The molecule has 144 valence electrons. The third kappa shape index (κ3) is 5.71. The summed E-state index contributed by atoms with van der Waals surface area (Å²) in [5.74, 6) is -0.205. The fraction of sp³-hybridized carbons (Fsp3) is 0.619. The van der Waals surface area contributed by atoms with Crippen LogP contribution in [0.4, 0.5) is 0 Å². The lowest BCUT2D eigenvalue weighted by Crippen LogP contribution is -2.32. The van der Waals surface area contributed by atoms with Crippen LogP contribution in [0.25, 0.3) is 5.57 Å². The molecule has 0 radical (unpaired) electrons. The van der Waals surface area contributed by atoms with Gasteiger partial charge in [0, 0.05) is 16.7 Å². The van der Waals surface area contributed by atoms with Gasteiger partial charge in [0.25, 0.3) is 11.8 Å². The number of thiophene rings is 1. The molecule has 0 unspecified atom stereocenters. The molecule has 1 aliphatic rings. The topological polar surface area (TPSA) is 37.4 Å². The predicted molar refractivity (Wildman–Crippen MR) is 113 cm³/mol. The molecule has 0 aromatic carbocycles. The van der Waals surface area contributed by atoms with Gasteiger partial charge in [0.15, 0.2) is 0 Å². The van der Waals surface area contributed by atoms with Crippen molar-refractivity contribution in [1.82, 2.24) is 4.90 Å². The van der Waals surface area contributed by atoms with Gasteiger partial charge in [0.2, 0.25) is 0 Å². The second-order valence-electron chi connectivity index (χ2n) is 7.08. The number of hydrogen-bond donors (Lipinski definition) is 0. The Balaban J connectivity index is 1.89. The van der Waals surface area contributed by atoms with Gasteiger partial charge in [0.1, 0.15) is 0 Å². The molecule has 0 saturated heterocycles. The summed E-state index contributed by atoms with van der Waals surface area (Å²) in [7, 11) is 0. The third-order valence-corrected chi connectivity index (χ3v) is 6.46. The second-order valence-corrected chi connectivity index (χ2v) is 9.62. The van der Waals surface area contributed by atoms with Crippen LogP contribution in [-0.2, 0) is 9.59 Å². The fourth-order valence-corrected chi connectivity index (χ4v) is 4.97. The summed E-state index contributed by atoms with van der Waals surface area (Å²) in [6.07, 6.45) is 9.67. The summed E-state index contributed by atoms with van der Waals surface area (Å²) < 4.78 is 0. The molecular weight excluding hydrogens is 362 g/mol. The lowest BCUT2D eigenvalue weighted by molar-refractivity contribution is -0.136. The van der Waals surface area contributed by atoms with Crippen molar-refractivity contribution in [2.75, 3.05) is 6.54 Å². The summed E-state index contributed by atoms with van der Waals surface area (Å²) >= 11 is 3.04. The van der Waals surface area contributed by atoms with Crippen molar-refractivity contribution in [3.8, 4) is 0 Å². The Bertz CT molecular complexity index is 620. The van der Waals surface area contributed by atoms with Crippen molar-refractivity contribution in [1.29, 1.82) is 0 Å². The van der Waals surface area contributed by atoms with E-state index >= 15 is 0 Å². The standard InChI is InChI=1S/C21H31NO2S2/c1-4-5-6-7-8-9-10-11-14-22-20(23)18(17-13-12-15-25-17)19(21(22)24)26-16(2)3/h12-13,15-16H,4-11,14H2,1-3H3. The molecule has 0 N–H and O–H groups in total. The van der Waals surface area contributed by atoms with Crippen LogP contribution in [0.15, 0.2) is 22.4 Å². The van der Waals surface area contributed by atoms with Crippen molar-refractivity contribution < 1.29 is 9.59 Å². The molecule has 2 heterocycles. The molecule has 26 heavy (non-hydrogen) atoms. The van der Waals surface area contributed by atoms with Gasteiger partial charge in [-0.3, -0.25) is 14.5 Å². The molecule has 0 saturated carbocycles. The fourth-order valence-electron chi connectivity index (χ4n) is 3.14. The summed E-state index contributed by atoms with van der Waals surface area (Å²) in [5.41, 5.74) is 0.614. The number of imide groups is 1. The number of thioether (sulfide) groups is 1. The molecule has 1 aromatic rings. The molecule has 0 atom stereocenters. The minimum atomic E-state index is -0.108. The Morgan fingerprint density at radius 3 is 2.23 bits per heavy atom. The molecule has 0 bridgehead atoms. The van der Waals surface area contributed by atoms with Gasteiger partial charge in [-0.25, -0.2) is 0 Å². The lowest BCUT2D eigenvalue weighted by Gasteiger charge is -2.15. The SMILES string of the molecule is CCCCCCCCCCN1C(=O)C(SC(C)C)=C(c2cccs2)C1=O. The van der Waals surface area contributed by atoms with E-state index in [9.17, 15) is 9.59 Å². The largest absolute Gasteiger partial charge is 0.274 e. The van der Waals surface area contributed by atoms with Crippen LogP contribution in [0.1, 0.15) is 77.0 Å². The van der Waals surface area contributed by atoms with Gasteiger partial charge in [-0.15, -0.1) is 23.1 Å². The zero-order valence-corrected chi connectivity index (χ0v) is 17.9. The van der Waals surface area contributed by atoms with E-state index in [-0.39, 0.29) is 17.1 Å². The van der Waals surface area contributed by atoms with Crippen molar-refractivity contribution in [2.24, 2.45) is 0 Å². The van der Waals surface area contributed by atoms with Gasteiger partial charge >= 0.3 is 0 Å². The van der Waals surface area contributed by atoms with Crippen LogP contribution in [0.5, 0.6) is 0 Å². The zero-order chi connectivity index (χ0) is 18.9. The van der Waals surface area contributed by atoms with Crippen LogP contribution < -0.4 is 0 Å². The first kappa shape index (κ1) is 21.2. The van der Waals surface area contributed by atoms with Crippen LogP contribution in [0, 0.1) is 0 Å². The highest BCUT2D eigenvalue weighted by Gasteiger charge is 2.39. The Morgan fingerprint density at radius 2 is 1.65 bits per heavy atom. The molecule has 2 rings (SSSR count). The molecule has 3 nitrogen and oxygen atoms in total. The van der Waals surface area contributed by atoms with E-state index in [2.05, 4.69) is 20.8 Å². The van der Waals surface area contributed by atoms with Crippen molar-refractivity contribution in [3.63, 3.8) is 0 Å². The maximum Gasteiger partial charge on any atom is 0.268 e. The van der Waals surface area contributed by atoms with E-state index in [1.54, 1.807) is 0 Å². The Morgan fingerprint density at radius 1 is 1.00 bits per heavy atom. The monoisotopic (exact) mass is 393 g/mol. The second kappa shape index (κ2) is 10.9. The third-order valence-electron chi connectivity index (χ3n) is 4.48. The van der Waals surface area contributed by atoms with Crippen molar-refractivity contribution >= 4 is 40.5 Å². The van der Waals surface area contributed by atoms with Crippen LogP contribution in [0.3, 0.4) is 0 Å². The number of carbonyl (C=O) groups is 2. The average molecular weight is 394 g/mol. The molecule has 0 spiro atoms. The van der Waals surface area contributed by atoms with E-state index in [0.717, 1.165) is 17.7 Å². The Hall–Kier alpha value is -1.07. The van der Waals surface area contributed by atoms with E-state index in [0.29, 0.717) is 17.0 Å². The highest BCUT2D eigenvalue weighted by atomic mass is 32.2. The molecule has 2 amide bonds. The first-order valence-electron chi connectivity index (χ1n) is 9.87. The number of rotatable bonds is 12. The maximum absolute atomic E-state index is 12.9. The number of unbranched alkanes of at least 4 members (excludes halogenated alkanes) is 7. The van der Waals surface area contributed by atoms with Crippen LogP contribution in [-0.4, -0.2) is 28.5 Å². The normalized spacial score (nSPS) is 15.0. The summed E-state index contributed by atoms with van der Waals surface area (Å²) in [6, 6.07) is 3.87. The van der Waals surface area contributed by atoms with E-state index < -0.39 is 0 Å². The Kier molecular flexibility index (Phi) is 8.93. The van der Waals surface area contributed by atoms with Crippen LogP contribution in [0.2, 0.25) is 0 Å². The number of nitrogens with zero attached hydrogens (tertiary/aromatic N) is 1. The first-order valence-corrected chi connectivity index (χ1v) is 11.6. The smallest absolute Gasteiger partial charge is 0.268 e. The lowest BCUT2D eigenvalue weighted by atomic mass is 10.1. The van der Waals surface area contributed by atoms with Gasteiger partial charge in [-0.1, -0.05) is 71.8 Å². The minimum Gasteiger partial charge on any atom is -0.274 e. The first-order chi connectivity index (χ1) is 12.6. The van der Waals surface area contributed by atoms with Gasteiger partial charge in [-0.05, 0) is 17.9 Å². The van der Waals surface area contributed by atoms with Crippen LogP contribution >= 0.6 is 23.1 Å². The summed E-state index contributed by atoms with van der Waals surface area (Å²) in [4.78, 5) is 28.7. The maximum atomic E-state index is 12.9. The van der Waals surface area contributed by atoms with E-state index in [4.69, 9.17) is 0 Å². The summed E-state index contributed by atoms with van der Waals surface area (Å²) in [6.45, 7) is 6.89. The minimum absolute atomic E-state index is 0.0972. The number of amides is 2. The van der Waals surface area contributed by atoms with E-state index in [1.165, 1.54) is 66.5 Å². The molecule has 0 fully saturated rings. The molecular formula is C21H31NO2S2. The summed E-state index contributed by atoms with van der Waals surface area (Å²) in [5, 5.41) is 2.23. The highest BCUT2D eigenvalue weighted by Crippen LogP contribution is 2.39. The average Bonchev–Trinajstić information content (AvgIpc) is 3.19. The quantitative estimate of drug-likeness (QED) is 0.317. The molecule has 1 aliphatic heterocycles. The van der Waals surface area contributed by atoms with Crippen molar-refractivity contribution in [3.05, 3.63) is 27.3 Å². The van der Waals surface area contributed by atoms with Gasteiger partial charge in [-0.2, -0.15) is 0 Å². The predicted octanol–water partition coefficient (Wildman–Crippen LogP) is 6.11. The van der Waals surface area contributed by atoms with Gasteiger partial charge in [0.05, 0.1) is 10.5 Å². The molecule has 0 aliphatic carbocycles. The molecule has 1 aromatic heterocycles. The van der Waals surface area contributed by atoms with Gasteiger partial charge < -0.3 is 0 Å². The van der Waals surface area contributed by atoms with E-state index in [1.807, 2.05) is 17.5 Å². The number of hydrogen-bond acceptors (Lipinski definition) is 4. The Labute approximate surface area is 166 Å². The highest BCUT2D eigenvalue weighted by molar-refractivity contribution is 8.04.